The predicted molar refractivity (Wildman–Crippen MR) is 63.4 cm³/mol. The van der Waals surface area contributed by atoms with Crippen LogP contribution in [0.1, 0.15) is 18.7 Å². The second kappa shape index (κ2) is 5.27. The van der Waals surface area contributed by atoms with Crippen LogP contribution >= 0.6 is 0 Å². The van der Waals surface area contributed by atoms with Crippen molar-refractivity contribution in [3.8, 4) is 0 Å². The summed E-state index contributed by atoms with van der Waals surface area (Å²) < 4.78 is 1.68. The van der Waals surface area contributed by atoms with Gasteiger partial charge < -0.3 is 10.2 Å². The summed E-state index contributed by atoms with van der Waals surface area (Å²) in [5.74, 6) is 1.00. The van der Waals surface area contributed by atoms with E-state index in [-0.39, 0.29) is 11.9 Å². The maximum absolute atomic E-state index is 12.0. The van der Waals surface area contributed by atoms with Crippen molar-refractivity contribution < 1.29 is 4.79 Å². The molecule has 1 amide bonds. The molecule has 6 heteroatoms. The van der Waals surface area contributed by atoms with Gasteiger partial charge in [0.25, 0.3) is 0 Å². The van der Waals surface area contributed by atoms with Crippen LogP contribution in [-0.2, 0) is 18.3 Å². The standard InChI is InChI=1S/C11H19N5O/c1-12-9-4-3-6-16(11(9)17)7-5-10-13-8-15(2)14-10/h8-9,12H,3-7H2,1-2H3. The largest absolute Gasteiger partial charge is 0.341 e. The molecule has 2 rings (SSSR count). The molecular formula is C11H19N5O. The zero-order valence-electron chi connectivity index (χ0n) is 10.4. The van der Waals surface area contributed by atoms with Gasteiger partial charge in [0.05, 0.1) is 6.04 Å². The molecule has 17 heavy (non-hydrogen) atoms. The summed E-state index contributed by atoms with van der Waals surface area (Å²) in [5, 5.41) is 7.27. The highest BCUT2D eigenvalue weighted by atomic mass is 16.2. The van der Waals surface area contributed by atoms with E-state index in [1.165, 1.54) is 0 Å². The lowest BCUT2D eigenvalue weighted by Crippen LogP contribution is -2.50. The zero-order valence-corrected chi connectivity index (χ0v) is 10.4. The molecule has 0 aliphatic carbocycles. The van der Waals surface area contributed by atoms with Gasteiger partial charge in [-0.15, -0.1) is 0 Å². The molecule has 94 valence electrons. The summed E-state index contributed by atoms with van der Waals surface area (Å²) in [5.41, 5.74) is 0. The molecular weight excluding hydrogens is 218 g/mol. The van der Waals surface area contributed by atoms with Gasteiger partial charge in [0.1, 0.15) is 6.33 Å². The Hall–Kier alpha value is -1.43. The predicted octanol–water partition coefficient (Wildman–Crippen LogP) is -0.432. The first-order chi connectivity index (χ1) is 8.20. The Morgan fingerprint density at radius 2 is 2.41 bits per heavy atom. The maximum Gasteiger partial charge on any atom is 0.239 e. The van der Waals surface area contributed by atoms with Crippen LogP contribution in [0.2, 0.25) is 0 Å². The number of carbonyl (C=O) groups excluding carboxylic acids is 1. The normalized spacial score (nSPS) is 20.9. The topological polar surface area (TPSA) is 63.1 Å². The van der Waals surface area contributed by atoms with E-state index >= 15 is 0 Å². The van der Waals surface area contributed by atoms with Gasteiger partial charge in [-0.05, 0) is 19.9 Å². The van der Waals surface area contributed by atoms with Crippen LogP contribution in [0.25, 0.3) is 0 Å². The molecule has 1 aromatic rings. The number of amides is 1. The van der Waals surface area contributed by atoms with E-state index in [4.69, 9.17) is 0 Å². The third-order valence-electron chi connectivity index (χ3n) is 3.13. The Labute approximate surface area is 101 Å². The van der Waals surface area contributed by atoms with Gasteiger partial charge in [-0.2, -0.15) is 5.10 Å². The second-order valence-electron chi connectivity index (χ2n) is 4.39. The van der Waals surface area contributed by atoms with Gasteiger partial charge in [-0.25, -0.2) is 4.98 Å². The van der Waals surface area contributed by atoms with Gasteiger partial charge >= 0.3 is 0 Å². The quantitative estimate of drug-likeness (QED) is 0.771. The molecule has 1 atom stereocenters. The number of likely N-dealkylation sites (N-methyl/N-ethyl adjacent to an activating group) is 1. The second-order valence-corrected chi connectivity index (χ2v) is 4.39. The lowest BCUT2D eigenvalue weighted by atomic mass is 10.0. The number of likely N-dealkylation sites (tertiary alicyclic amines) is 1. The number of carbonyl (C=O) groups is 1. The Kier molecular flexibility index (Phi) is 3.73. The lowest BCUT2D eigenvalue weighted by molar-refractivity contribution is -0.135. The van der Waals surface area contributed by atoms with Crippen LogP contribution in [0.15, 0.2) is 6.33 Å². The van der Waals surface area contributed by atoms with Crippen LogP contribution in [0.5, 0.6) is 0 Å². The van der Waals surface area contributed by atoms with Crippen molar-refractivity contribution in [3.63, 3.8) is 0 Å². The van der Waals surface area contributed by atoms with Crippen molar-refractivity contribution in [2.45, 2.75) is 25.3 Å². The highest BCUT2D eigenvalue weighted by molar-refractivity contribution is 5.82. The van der Waals surface area contributed by atoms with Crippen LogP contribution < -0.4 is 5.32 Å². The molecule has 1 saturated heterocycles. The number of nitrogens with zero attached hydrogens (tertiary/aromatic N) is 4. The van der Waals surface area contributed by atoms with E-state index in [0.717, 1.165) is 31.6 Å². The molecule has 0 bridgehead atoms. The minimum atomic E-state index is -0.0135. The SMILES string of the molecule is CNC1CCCN(CCc2ncn(C)n2)C1=O. The summed E-state index contributed by atoms with van der Waals surface area (Å²) >= 11 is 0. The molecule has 1 aliphatic rings. The Bertz CT molecular complexity index is 389. The summed E-state index contributed by atoms with van der Waals surface area (Å²) in [6.07, 6.45) is 4.41. The molecule has 0 aromatic carbocycles. The fraction of sp³-hybridized carbons (Fsp3) is 0.727. The number of nitrogens with one attached hydrogen (secondary N) is 1. The number of aromatic nitrogens is 3. The molecule has 1 aromatic heterocycles. The molecule has 1 fully saturated rings. The third kappa shape index (κ3) is 2.82. The van der Waals surface area contributed by atoms with Gasteiger partial charge in [-0.3, -0.25) is 9.48 Å². The molecule has 0 radical (unpaired) electrons. The maximum atomic E-state index is 12.0. The first-order valence-electron chi connectivity index (χ1n) is 6.01. The highest BCUT2D eigenvalue weighted by Crippen LogP contribution is 2.11. The van der Waals surface area contributed by atoms with Crippen molar-refractivity contribution in [2.75, 3.05) is 20.1 Å². The van der Waals surface area contributed by atoms with Crippen LogP contribution in [0, 0.1) is 0 Å². The summed E-state index contributed by atoms with van der Waals surface area (Å²) in [4.78, 5) is 18.1. The number of hydrogen-bond donors (Lipinski definition) is 1. The summed E-state index contributed by atoms with van der Waals surface area (Å²) in [6.45, 7) is 1.56. The number of aryl methyl sites for hydroxylation is 1. The van der Waals surface area contributed by atoms with Crippen molar-refractivity contribution in [1.29, 1.82) is 0 Å². The first-order valence-corrected chi connectivity index (χ1v) is 6.01. The van der Waals surface area contributed by atoms with Crippen molar-refractivity contribution in [1.82, 2.24) is 25.0 Å². The third-order valence-corrected chi connectivity index (χ3v) is 3.13. The monoisotopic (exact) mass is 237 g/mol. The Morgan fingerprint density at radius 1 is 1.59 bits per heavy atom. The minimum absolute atomic E-state index is 0.0135. The van der Waals surface area contributed by atoms with Crippen molar-refractivity contribution in [3.05, 3.63) is 12.2 Å². The van der Waals surface area contributed by atoms with E-state index in [2.05, 4.69) is 15.4 Å². The van der Waals surface area contributed by atoms with E-state index in [9.17, 15) is 4.79 Å². The Balaban J connectivity index is 1.88. The highest BCUT2D eigenvalue weighted by Gasteiger charge is 2.26. The van der Waals surface area contributed by atoms with Gasteiger partial charge in [0.15, 0.2) is 5.82 Å². The average molecular weight is 237 g/mol. The van der Waals surface area contributed by atoms with E-state index in [0.29, 0.717) is 6.54 Å². The smallest absolute Gasteiger partial charge is 0.239 e. The van der Waals surface area contributed by atoms with Crippen LogP contribution in [-0.4, -0.2) is 51.8 Å². The number of piperidine rings is 1. The van der Waals surface area contributed by atoms with Gasteiger partial charge in [0.2, 0.25) is 5.91 Å². The zero-order chi connectivity index (χ0) is 12.3. The lowest BCUT2D eigenvalue weighted by Gasteiger charge is -2.31. The molecule has 0 saturated carbocycles. The Morgan fingerprint density at radius 3 is 3.06 bits per heavy atom. The summed E-state index contributed by atoms with van der Waals surface area (Å²) in [6, 6.07) is -0.0135. The van der Waals surface area contributed by atoms with Crippen molar-refractivity contribution >= 4 is 5.91 Å². The average Bonchev–Trinajstić information content (AvgIpc) is 2.74. The van der Waals surface area contributed by atoms with E-state index < -0.39 is 0 Å². The first kappa shape index (κ1) is 12.0. The van der Waals surface area contributed by atoms with Crippen molar-refractivity contribution in [2.24, 2.45) is 7.05 Å². The molecule has 6 nitrogen and oxygen atoms in total. The van der Waals surface area contributed by atoms with Gasteiger partial charge in [0, 0.05) is 26.6 Å². The van der Waals surface area contributed by atoms with E-state index in [1.807, 2.05) is 19.0 Å². The van der Waals surface area contributed by atoms with E-state index in [1.54, 1.807) is 11.0 Å². The molecule has 1 aliphatic heterocycles. The fourth-order valence-electron chi connectivity index (χ4n) is 2.16. The fourth-order valence-corrected chi connectivity index (χ4v) is 2.16. The van der Waals surface area contributed by atoms with Crippen LogP contribution in [0.3, 0.4) is 0 Å². The minimum Gasteiger partial charge on any atom is -0.341 e. The van der Waals surface area contributed by atoms with Gasteiger partial charge in [-0.1, -0.05) is 0 Å². The molecule has 0 spiro atoms. The summed E-state index contributed by atoms with van der Waals surface area (Å²) in [7, 11) is 3.69. The molecule has 1 unspecified atom stereocenters. The number of hydrogen-bond acceptors (Lipinski definition) is 4. The number of rotatable bonds is 4. The van der Waals surface area contributed by atoms with Crippen LogP contribution in [0.4, 0.5) is 0 Å². The molecule has 2 heterocycles. The molecule has 1 N–H and O–H groups in total.